The molecule has 0 radical (unpaired) electrons. The van der Waals surface area contributed by atoms with Crippen LogP contribution in [0.25, 0.3) is 11.1 Å². The van der Waals surface area contributed by atoms with Crippen molar-refractivity contribution in [2.75, 3.05) is 37.9 Å². The molecule has 0 aliphatic heterocycles. The van der Waals surface area contributed by atoms with E-state index >= 15 is 0 Å². The second kappa shape index (κ2) is 12.0. The average molecular weight is 477 g/mol. The number of benzene rings is 2. The number of amides is 1. The fraction of sp³-hybridized carbons (Fsp3) is 0.296. The van der Waals surface area contributed by atoms with Crippen molar-refractivity contribution >= 4 is 23.3 Å². The van der Waals surface area contributed by atoms with Gasteiger partial charge in [-0.25, -0.2) is 0 Å². The molecule has 35 heavy (non-hydrogen) atoms. The first-order chi connectivity index (χ1) is 16.8. The Labute approximate surface area is 206 Å². The van der Waals surface area contributed by atoms with Gasteiger partial charge >= 0.3 is 5.97 Å². The quantitative estimate of drug-likeness (QED) is 0.296. The number of ether oxygens (including phenoxy) is 2. The highest BCUT2D eigenvalue weighted by Crippen LogP contribution is 2.33. The van der Waals surface area contributed by atoms with Crippen LogP contribution in [0.5, 0.6) is 5.75 Å². The summed E-state index contributed by atoms with van der Waals surface area (Å²) in [6, 6.07) is 13.6. The van der Waals surface area contributed by atoms with E-state index in [9.17, 15) is 9.59 Å². The molecule has 8 heteroatoms. The fourth-order valence-electron chi connectivity index (χ4n) is 3.85. The molecular weight excluding hydrogens is 444 g/mol. The van der Waals surface area contributed by atoms with Gasteiger partial charge in [0.2, 0.25) is 0 Å². The van der Waals surface area contributed by atoms with Crippen molar-refractivity contribution in [3.63, 3.8) is 0 Å². The second-order valence-electron chi connectivity index (χ2n) is 8.06. The van der Waals surface area contributed by atoms with Crippen LogP contribution >= 0.6 is 0 Å². The summed E-state index contributed by atoms with van der Waals surface area (Å²) in [4.78, 5) is 28.2. The number of carbonyl (C=O) groups is 2. The predicted molar refractivity (Wildman–Crippen MR) is 138 cm³/mol. The number of nitrogens with zero attached hydrogens (tertiary/aromatic N) is 1. The number of pyridine rings is 1. The Morgan fingerprint density at radius 3 is 2.29 bits per heavy atom. The fourth-order valence-corrected chi connectivity index (χ4v) is 3.85. The number of carbonyl (C=O) groups excluding carboxylic acids is 2. The Kier molecular flexibility index (Phi) is 8.80. The highest BCUT2D eigenvalue weighted by atomic mass is 16.5. The Morgan fingerprint density at radius 2 is 1.66 bits per heavy atom. The molecular formula is C27H32N4O4. The number of methoxy groups -OCH3 is 1. The number of anilines is 2. The van der Waals surface area contributed by atoms with Crippen molar-refractivity contribution in [1.82, 2.24) is 10.3 Å². The van der Waals surface area contributed by atoms with Crippen molar-refractivity contribution in [2.24, 2.45) is 0 Å². The molecule has 3 rings (SSSR count). The third-order valence-corrected chi connectivity index (χ3v) is 5.77. The molecule has 3 N–H and O–H groups in total. The molecule has 0 bridgehead atoms. The summed E-state index contributed by atoms with van der Waals surface area (Å²) in [5.41, 5.74) is 7.11. The topological polar surface area (TPSA) is 102 Å². The lowest BCUT2D eigenvalue weighted by Crippen LogP contribution is -2.21. The van der Waals surface area contributed by atoms with Crippen LogP contribution in [0.3, 0.4) is 0 Å². The van der Waals surface area contributed by atoms with E-state index in [1.54, 1.807) is 19.4 Å². The van der Waals surface area contributed by atoms with Crippen molar-refractivity contribution in [3.8, 4) is 16.9 Å². The molecule has 0 saturated carbocycles. The summed E-state index contributed by atoms with van der Waals surface area (Å²) in [6.45, 7) is 6.69. The predicted octanol–water partition coefficient (Wildman–Crippen LogP) is 4.32. The van der Waals surface area contributed by atoms with Gasteiger partial charge in [-0.05, 0) is 48.2 Å². The molecule has 0 spiro atoms. The standard InChI is InChI=1S/C27H32N4O4/c1-17-21(8-6-10-23(17)28-4)22-9-7-11-24(18(22)2)31-27(33)25-14-26(34-5)20(16-30-25)15-29-12-13-35-19(3)32/h6-11,14,16,28-29H,12-13,15H2,1-5H3,(H,31,33). The third kappa shape index (κ3) is 6.36. The average Bonchev–Trinajstić information content (AvgIpc) is 2.85. The molecule has 2 aromatic carbocycles. The van der Waals surface area contributed by atoms with E-state index < -0.39 is 0 Å². The number of hydrogen-bond acceptors (Lipinski definition) is 7. The van der Waals surface area contributed by atoms with Crippen LogP contribution < -0.4 is 20.7 Å². The van der Waals surface area contributed by atoms with Gasteiger partial charge in [0.1, 0.15) is 18.1 Å². The van der Waals surface area contributed by atoms with Crippen molar-refractivity contribution in [1.29, 1.82) is 0 Å². The van der Waals surface area contributed by atoms with Gasteiger partial charge in [-0.2, -0.15) is 0 Å². The van der Waals surface area contributed by atoms with Crippen LogP contribution in [-0.4, -0.2) is 44.2 Å². The summed E-state index contributed by atoms with van der Waals surface area (Å²) < 4.78 is 10.4. The molecule has 184 valence electrons. The highest BCUT2D eigenvalue weighted by molar-refractivity contribution is 6.04. The van der Waals surface area contributed by atoms with Crippen LogP contribution in [0.4, 0.5) is 11.4 Å². The molecule has 1 heterocycles. The van der Waals surface area contributed by atoms with Crippen LogP contribution in [0.2, 0.25) is 0 Å². The zero-order valence-corrected chi connectivity index (χ0v) is 20.8. The van der Waals surface area contributed by atoms with Gasteiger partial charge in [-0.15, -0.1) is 0 Å². The Hall–Kier alpha value is -3.91. The van der Waals surface area contributed by atoms with E-state index in [1.165, 1.54) is 6.92 Å². The zero-order valence-electron chi connectivity index (χ0n) is 20.8. The van der Waals surface area contributed by atoms with Crippen molar-refractivity contribution in [3.05, 3.63) is 71.0 Å². The number of hydrogen-bond donors (Lipinski definition) is 3. The zero-order chi connectivity index (χ0) is 25.4. The van der Waals surface area contributed by atoms with Gasteiger partial charge in [-0.1, -0.05) is 24.3 Å². The smallest absolute Gasteiger partial charge is 0.302 e. The largest absolute Gasteiger partial charge is 0.496 e. The molecule has 0 aliphatic carbocycles. The molecule has 3 aromatic rings. The van der Waals surface area contributed by atoms with E-state index in [0.29, 0.717) is 18.8 Å². The lowest BCUT2D eigenvalue weighted by atomic mass is 9.94. The minimum atomic E-state index is -0.321. The molecule has 0 saturated heterocycles. The summed E-state index contributed by atoms with van der Waals surface area (Å²) in [5.74, 6) is -0.0856. The first kappa shape index (κ1) is 25.7. The Morgan fingerprint density at radius 1 is 1.00 bits per heavy atom. The van der Waals surface area contributed by atoms with E-state index in [2.05, 4.69) is 40.0 Å². The Balaban J connectivity index is 1.75. The summed E-state index contributed by atoms with van der Waals surface area (Å²) in [5, 5.41) is 9.37. The van der Waals surface area contributed by atoms with Gasteiger partial charge in [-0.3, -0.25) is 14.6 Å². The van der Waals surface area contributed by atoms with Crippen LogP contribution in [0.1, 0.15) is 34.1 Å². The van der Waals surface area contributed by atoms with Gasteiger partial charge in [0.15, 0.2) is 0 Å². The Bertz CT molecular complexity index is 1210. The van der Waals surface area contributed by atoms with E-state index in [-0.39, 0.29) is 24.2 Å². The minimum Gasteiger partial charge on any atom is -0.496 e. The highest BCUT2D eigenvalue weighted by Gasteiger charge is 2.15. The maximum Gasteiger partial charge on any atom is 0.302 e. The van der Waals surface area contributed by atoms with Crippen molar-refractivity contribution in [2.45, 2.75) is 27.3 Å². The number of nitrogens with one attached hydrogen (secondary N) is 3. The molecule has 0 aliphatic rings. The SMILES string of the molecule is CNc1cccc(-c2cccc(NC(=O)c3cc(OC)c(CNCCOC(C)=O)cn3)c2C)c1C. The van der Waals surface area contributed by atoms with E-state index in [1.807, 2.05) is 38.2 Å². The minimum absolute atomic E-state index is 0.253. The van der Waals surface area contributed by atoms with Crippen LogP contribution in [0, 0.1) is 13.8 Å². The van der Waals surface area contributed by atoms with Gasteiger partial charge in [0.05, 0.1) is 7.11 Å². The summed E-state index contributed by atoms with van der Waals surface area (Å²) >= 11 is 0. The molecule has 0 fully saturated rings. The first-order valence-electron chi connectivity index (χ1n) is 11.4. The molecule has 0 unspecified atom stereocenters. The van der Waals surface area contributed by atoms with Crippen LogP contribution in [-0.2, 0) is 16.1 Å². The normalized spacial score (nSPS) is 10.5. The molecule has 1 amide bonds. The molecule has 1 aromatic heterocycles. The molecule has 0 atom stereocenters. The van der Waals surface area contributed by atoms with Gasteiger partial charge in [0, 0.05) is 56.3 Å². The monoisotopic (exact) mass is 476 g/mol. The van der Waals surface area contributed by atoms with Gasteiger partial charge < -0.3 is 25.4 Å². The third-order valence-electron chi connectivity index (χ3n) is 5.77. The van der Waals surface area contributed by atoms with Gasteiger partial charge in [0.25, 0.3) is 5.91 Å². The number of esters is 1. The van der Waals surface area contributed by atoms with E-state index in [0.717, 1.165) is 39.2 Å². The van der Waals surface area contributed by atoms with E-state index in [4.69, 9.17) is 9.47 Å². The van der Waals surface area contributed by atoms with Crippen LogP contribution in [0.15, 0.2) is 48.7 Å². The summed E-state index contributed by atoms with van der Waals surface area (Å²) in [7, 11) is 3.45. The maximum absolute atomic E-state index is 13.0. The lowest BCUT2D eigenvalue weighted by Gasteiger charge is -2.16. The van der Waals surface area contributed by atoms with Crippen molar-refractivity contribution < 1.29 is 19.1 Å². The molecule has 8 nitrogen and oxygen atoms in total. The second-order valence-corrected chi connectivity index (χ2v) is 8.06. The maximum atomic E-state index is 13.0. The summed E-state index contributed by atoms with van der Waals surface area (Å²) in [6.07, 6.45) is 1.61. The lowest BCUT2D eigenvalue weighted by molar-refractivity contribution is -0.140. The number of rotatable bonds is 10. The number of aromatic nitrogens is 1. The first-order valence-corrected chi connectivity index (χ1v) is 11.4.